The molecular weight excluding hydrogens is 596 g/mol. The minimum atomic E-state index is -0.396. The summed E-state index contributed by atoms with van der Waals surface area (Å²) in [4.78, 5) is 11.6. The van der Waals surface area contributed by atoms with Gasteiger partial charge in [0, 0.05) is 18.0 Å². The van der Waals surface area contributed by atoms with Gasteiger partial charge in [0.15, 0.2) is 0 Å². The van der Waals surface area contributed by atoms with Crippen LogP contribution in [0, 0.1) is 6.92 Å². The van der Waals surface area contributed by atoms with Crippen LogP contribution in [0.4, 0.5) is 10.8 Å². The minimum absolute atomic E-state index is 0.396. The van der Waals surface area contributed by atoms with Crippen LogP contribution in [-0.2, 0) is 6.54 Å². The third kappa shape index (κ3) is 4.13. The predicted octanol–water partition coefficient (Wildman–Crippen LogP) is 2.08. The Labute approximate surface area is 193 Å². The Hall–Kier alpha value is -1.90. The van der Waals surface area contributed by atoms with Crippen LogP contribution in [0.15, 0.2) is 30.9 Å². The molecule has 4 aromatic rings. The van der Waals surface area contributed by atoms with Crippen molar-refractivity contribution in [3.63, 3.8) is 0 Å². The average Bonchev–Trinajstić information content (AvgIpc) is 3.44. The number of anilines is 2. The molecule has 0 spiro atoms. The molecule has 1 saturated heterocycles. The maximum atomic E-state index is 10.2. The van der Waals surface area contributed by atoms with Crippen LogP contribution in [-0.4, -0.2) is 81.0 Å². The number of hydrogen-bond acceptors (Lipinski definition) is 8. The summed E-state index contributed by atoms with van der Waals surface area (Å²) in [6.07, 6.45) is 9.16. The van der Waals surface area contributed by atoms with Gasteiger partial charge in [0.05, 0.1) is 18.1 Å². The van der Waals surface area contributed by atoms with E-state index in [0.29, 0.717) is 5.82 Å². The van der Waals surface area contributed by atoms with E-state index in [-0.39, 0.29) is 0 Å². The van der Waals surface area contributed by atoms with Gasteiger partial charge in [0.1, 0.15) is 0 Å². The van der Waals surface area contributed by atoms with Gasteiger partial charge in [-0.2, -0.15) is 5.10 Å². The number of hydrogen-bond donors (Lipinski definition) is 3. The number of piperidine rings is 1. The van der Waals surface area contributed by atoms with E-state index in [1.54, 1.807) is 6.20 Å². The van der Waals surface area contributed by atoms with Crippen molar-refractivity contribution in [2.24, 2.45) is 0 Å². The molecule has 0 aliphatic carbocycles. The Kier molecular flexibility index (Phi) is 5.33. The van der Waals surface area contributed by atoms with Crippen molar-refractivity contribution in [2.75, 3.05) is 18.4 Å². The number of H-pyrrole nitrogens is 1. The van der Waals surface area contributed by atoms with Crippen molar-refractivity contribution in [1.29, 1.82) is 0 Å². The molecule has 4 aromatic heterocycles. The van der Waals surface area contributed by atoms with E-state index in [4.69, 9.17) is 0 Å². The number of aliphatic hydroxyl groups is 1. The van der Waals surface area contributed by atoms with Crippen molar-refractivity contribution < 1.29 is 5.11 Å². The molecule has 5 rings (SSSR count). The van der Waals surface area contributed by atoms with Crippen LogP contribution in [0.1, 0.15) is 24.2 Å². The van der Waals surface area contributed by atoms with E-state index in [1.165, 1.54) is 11.5 Å². The number of nitrogens with zero attached hydrogens (tertiary/aromatic N) is 6. The van der Waals surface area contributed by atoms with Crippen molar-refractivity contribution in [2.45, 2.75) is 29.5 Å². The molecule has 0 amide bonds. The van der Waals surface area contributed by atoms with Gasteiger partial charge in [-0.15, -0.1) is 0 Å². The van der Waals surface area contributed by atoms with Gasteiger partial charge in [0.2, 0.25) is 0 Å². The first kappa shape index (κ1) is 20.0. The van der Waals surface area contributed by atoms with Gasteiger partial charge in [0.25, 0.3) is 0 Å². The third-order valence-electron chi connectivity index (χ3n) is 5.28. The molecule has 1 fully saturated rings. The number of nitrogens with one attached hydrogen (secondary N) is 2. The van der Waals surface area contributed by atoms with Gasteiger partial charge in [-0.05, 0) is 6.92 Å². The monoisotopic (exact) mass is 617 g/mol. The standard InChI is InChI=1S/C19H21N8OS.Pb/c1-12-10-27-16(13-7-21-22-8-13)9-20-19(27)18(23-12)24-17-6-14(25-29-17)11-26-4-2-15(28)3-5-26;/h6-10,28H,2-5,11H2,1H3,(H,21,22)(H,23,24);. The molecule has 3 N–H and O–H groups in total. The summed E-state index contributed by atoms with van der Waals surface area (Å²) in [5.41, 5.74) is 4.62. The number of likely N-dealkylation sites (tertiary alicyclic amines) is 1. The normalized spacial score (nSPS) is 16.9. The molecule has 9 nitrogen and oxygen atoms in total. The van der Waals surface area contributed by atoms with Crippen molar-refractivity contribution >= 4 is 53.8 Å². The first-order valence-electron chi connectivity index (χ1n) is 9.73. The average molecular weight is 617 g/mol. The molecule has 0 atom stereocenters. The summed E-state index contributed by atoms with van der Waals surface area (Å²) in [5.74, 6) is 0.707. The van der Waals surface area contributed by atoms with Crippen LogP contribution in [0.5, 0.6) is 0 Å². The molecule has 11 heteroatoms. The molecule has 153 valence electrons. The fraction of sp³-hybridized carbons (Fsp3) is 0.368. The van der Waals surface area contributed by atoms with Crippen molar-refractivity contribution in [3.8, 4) is 11.3 Å². The van der Waals surface area contributed by atoms with Crippen LogP contribution < -0.4 is 5.32 Å². The Morgan fingerprint density at radius 1 is 1.33 bits per heavy atom. The molecule has 3 radical (unpaired) electrons. The molecule has 0 aromatic carbocycles. The fourth-order valence-corrected chi connectivity index (χ4v) is 5.20. The van der Waals surface area contributed by atoms with E-state index in [9.17, 15) is 5.11 Å². The zero-order valence-corrected chi connectivity index (χ0v) is 21.2. The van der Waals surface area contributed by atoms with E-state index >= 15 is 0 Å². The van der Waals surface area contributed by atoms with E-state index in [2.05, 4.69) is 40.8 Å². The van der Waals surface area contributed by atoms with Gasteiger partial charge in [-0.3, -0.25) is 5.10 Å². The molecule has 1 aliphatic heterocycles. The van der Waals surface area contributed by atoms with Crippen LogP contribution >= 0.6 is 11.5 Å². The van der Waals surface area contributed by atoms with Gasteiger partial charge >= 0.3 is 141 Å². The van der Waals surface area contributed by atoms with Gasteiger partial charge in [-0.1, -0.05) is 0 Å². The van der Waals surface area contributed by atoms with E-state index in [0.717, 1.165) is 91.5 Å². The summed E-state index contributed by atoms with van der Waals surface area (Å²) in [5, 5.41) is 21.4. The number of aryl methyl sites for hydroxylation is 1. The summed E-state index contributed by atoms with van der Waals surface area (Å²) in [6, 6.07) is 2.08. The Balaban J connectivity index is 1.35. The Morgan fingerprint density at radius 3 is 2.93 bits per heavy atom. The molecule has 0 saturated carbocycles. The fourth-order valence-electron chi connectivity index (χ4n) is 3.67. The summed E-state index contributed by atoms with van der Waals surface area (Å²) < 4.78 is 6.24. The quantitative estimate of drug-likeness (QED) is 0.295. The summed E-state index contributed by atoms with van der Waals surface area (Å²) >= 11 is 2.27. The van der Waals surface area contributed by atoms with Crippen LogP contribution in [0.25, 0.3) is 16.9 Å². The van der Waals surface area contributed by atoms with Gasteiger partial charge < -0.3 is 0 Å². The zero-order valence-electron chi connectivity index (χ0n) is 16.5. The predicted molar refractivity (Wildman–Crippen MR) is 116 cm³/mol. The topological polar surface area (TPSA) is 107 Å². The number of rotatable bonds is 5. The Bertz CT molecular complexity index is 1160. The van der Waals surface area contributed by atoms with Crippen LogP contribution in [0.2, 0.25) is 0 Å². The summed E-state index contributed by atoms with van der Waals surface area (Å²) in [7, 11) is 0. The SMILES string of the molecule is Cc1cn2c(-c3cn[nH]c3)cnc2c(Nc2cc(CN3CC[C](O)([Pb])CC3)ns2)n1. The van der Waals surface area contributed by atoms with Gasteiger partial charge in [-0.25, -0.2) is 0 Å². The second kappa shape index (κ2) is 7.98. The zero-order chi connectivity index (χ0) is 20.7. The van der Waals surface area contributed by atoms with Crippen molar-refractivity contribution in [1.82, 2.24) is 33.8 Å². The second-order valence-electron chi connectivity index (χ2n) is 7.67. The molecule has 30 heavy (non-hydrogen) atoms. The first-order chi connectivity index (χ1) is 14.5. The first-order valence-corrected chi connectivity index (χ1v) is 12.4. The number of fused-ring (bicyclic) bond motifs is 1. The molecule has 5 heterocycles. The Morgan fingerprint density at radius 2 is 2.17 bits per heavy atom. The summed E-state index contributed by atoms with van der Waals surface area (Å²) in [6.45, 7) is 4.62. The third-order valence-corrected chi connectivity index (χ3v) is 7.96. The number of imidazole rings is 1. The second-order valence-corrected chi connectivity index (χ2v) is 12.1. The van der Waals surface area contributed by atoms with Crippen molar-refractivity contribution in [3.05, 3.63) is 42.2 Å². The molecule has 1 aliphatic rings. The molecular formula is C19H21N8OPbS. The molecule has 0 bridgehead atoms. The van der Waals surface area contributed by atoms with E-state index < -0.39 is 3.16 Å². The van der Waals surface area contributed by atoms with E-state index in [1.807, 2.05) is 29.9 Å². The number of aromatic nitrogens is 6. The van der Waals surface area contributed by atoms with Crippen LogP contribution in [0.3, 0.4) is 0 Å². The molecule has 0 unspecified atom stereocenters. The maximum absolute atomic E-state index is 10.2. The number of aromatic amines is 1.